The molecule has 2 aromatic heterocycles. The molecule has 27 heavy (non-hydrogen) atoms. The van der Waals surface area contributed by atoms with Crippen molar-refractivity contribution in [2.24, 2.45) is 0 Å². The number of fused-ring (bicyclic) bond motifs is 1. The lowest BCUT2D eigenvalue weighted by Gasteiger charge is -2.10. The molecule has 136 valence electrons. The number of benzene rings is 2. The highest BCUT2D eigenvalue weighted by atomic mass is 35.5. The fourth-order valence-corrected chi connectivity index (χ4v) is 3.76. The number of halogens is 1. The molecule has 0 amide bonds. The van der Waals surface area contributed by atoms with Crippen molar-refractivity contribution in [3.8, 4) is 5.69 Å². The van der Waals surface area contributed by atoms with Gasteiger partial charge in [-0.2, -0.15) is 5.10 Å². The lowest BCUT2D eigenvalue weighted by Crippen LogP contribution is -2.13. The standard InChI is InChI=1S/C17H13ClN6O2S/c18-11-4-6-14(7-5-11)27(25,26)23-12-2-1-3-13(8-12)24-17-15(9-22-24)16(19)20-10-21-17/h1-10,23H,(H2,19,20,21). The Labute approximate surface area is 159 Å². The van der Waals surface area contributed by atoms with Gasteiger partial charge in [-0.05, 0) is 42.5 Å². The van der Waals surface area contributed by atoms with E-state index in [9.17, 15) is 8.42 Å². The fraction of sp³-hybridized carbons (Fsp3) is 0. The van der Waals surface area contributed by atoms with Crippen LogP contribution in [0.15, 0.2) is 66.0 Å². The molecule has 0 aliphatic heterocycles. The van der Waals surface area contributed by atoms with Crippen molar-refractivity contribution in [3.05, 3.63) is 66.1 Å². The van der Waals surface area contributed by atoms with Gasteiger partial charge in [0.1, 0.15) is 12.1 Å². The second-order valence-electron chi connectivity index (χ2n) is 5.66. The first-order valence-corrected chi connectivity index (χ1v) is 9.63. The van der Waals surface area contributed by atoms with Crippen LogP contribution in [-0.4, -0.2) is 28.2 Å². The predicted octanol–water partition coefficient (Wildman–Crippen LogP) is 2.85. The second-order valence-corrected chi connectivity index (χ2v) is 7.78. The molecule has 0 spiro atoms. The van der Waals surface area contributed by atoms with E-state index in [1.807, 2.05) is 0 Å². The van der Waals surface area contributed by atoms with E-state index in [-0.39, 0.29) is 4.90 Å². The van der Waals surface area contributed by atoms with E-state index in [1.165, 1.54) is 30.6 Å². The maximum atomic E-state index is 12.6. The molecule has 0 bridgehead atoms. The lowest BCUT2D eigenvalue weighted by molar-refractivity contribution is 0.601. The highest BCUT2D eigenvalue weighted by molar-refractivity contribution is 7.92. The summed E-state index contributed by atoms with van der Waals surface area (Å²) in [5, 5.41) is 5.35. The van der Waals surface area contributed by atoms with Crippen molar-refractivity contribution in [2.45, 2.75) is 4.90 Å². The van der Waals surface area contributed by atoms with Gasteiger partial charge in [0.2, 0.25) is 0 Å². The van der Waals surface area contributed by atoms with Gasteiger partial charge in [-0.25, -0.2) is 23.1 Å². The van der Waals surface area contributed by atoms with Crippen molar-refractivity contribution < 1.29 is 8.42 Å². The fourth-order valence-electron chi connectivity index (χ4n) is 2.58. The number of hydrogen-bond donors (Lipinski definition) is 2. The first kappa shape index (κ1) is 17.3. The van der Waals surface area contributed by atoms with Crippen molar-refractivity contribution in [1.29, 1.82) is 0 Å². The van der Waals surface area contributed by atoms with Gasteiger partial charge < -0.3 is 5.73 Å². The Balaban J connectivity index is 1.70. The van der Waals surface area contributed by atoms with Crippen molar-refractivity contribution in [1.82, 2.24) is 19.7 Å². The second kappa shape index (κ2) is 6.53. The predicted molar refractivity (Wildman–Crippen MR) is 103 cm³/mol. The number of sulfonamides is 1. The van der Waals surface area contributed by atoms with E-state index >= 15 is 0 Å². The van der Waals surface area contributed by atoms with Crippen LogP contribution in [0, 0.1) is 0 Å². The Bertz CT molecular complexity index is 1240. The van der Waals surface area contributed by atoms with Crippen LogP contribution in [0.3, 0.4) is 0 Å². The maximum Gasteiger partial charge on any atom is 0.261 e. The topological polar surface area (TPSA) is 116 Å². The van der Waals surface area contributed by atoms with Crippen molar-refractivity contribution in [2.75, 3.05) is 10.5 Å². The molecular formula is C17H13ClN6O2S. The van der Waals surface area contributed by atoms with Gasteiger partial charge in [0.15, 0.2) is 5.65 Å². The number of anilines is 2. The number of nitrogens with zero attached hydrogens (tertiary/aromatic N) is 4. The average molecular weight is 401 g/mol. The summed E-state index contributed by atoms with van der Waals surface area (Å²) in [4.78, 5) is 8.24. The molecule has 0 aliphatic carbocycles. The molecule has 0 saturated heterocycles. The SMILES string of the molecule is Nc1ncnc2c1cnn2-c1cccc(NS(=O)(=O)c2ccc(Cl)cc2)c1. The summed E-state index contributed by atoms with van der Waals surface area (Å²) < 4.78 is 29.2. The van der Waals surface area contributed by atoms with Crippen LogP contribution in [0.4, 0.5) is 11.5 Å². The smallest absolute Gasteiger partial charge is 0.261 e. The Hall–Kier alpha value is -3.17. The summed E-state index contributed by atoms with van der Waals surface area (Å²) in [5.41, 5.74) is 7.37. The number of hydrogen-bond acceptors (Lipinski definition) is 6. The third-order valence-electron chi connectivity index (χ3n) is 3.86. The third-order valence-corrected chi connectivity index (χ3v) is 5.51. The minimum absolute atomic E-state index is 0.113. The minimum atomic E-state index is -3.75. The number of rotatable bonds is 4. The molecule has 0 saturated carbocycles. The van der Waals surface area contributed by atoms with Crippen LogP contribution in [-0.2, 0) is 10.0 Å². The highest BCUT2D eigenvalue weighted by Crippen LogP contribution is 2.23. The number of aromatic nitrogens is 4. The zero-order valence-electron chi connectivity index (χ0n) is 13.7. The van der Waals surface area contributed by atoms with Crippen molar-refractivity contribution >= 4 is 44.2 Å². The zero-order valence-corrected chi connectivity index (χ0v) is 15.3. The molecule has 3 N–H and O–H groups in total. The van der Waals surface area contributed by atoms with Crippen LogP contribution in [0.5, 0.6) is 0 Å². The molecular weight excluding hydrogens is 388 g/mol. The summed E-state index contributed by atoms with van der Waals surface area (Å²) in [6, 6.07) is 12.7. The number of nitrogen functional groups attached to an aromatic ring is 1. The monoisotopic (exact) mass is 400 g/mol. The van der Waals surface area contributed by atoms with Crippen LogP contribution in [0.2, 0.25) is 5.02 Å². The normalized spacial score (nSPS) is 11.6. The quantitative estimate of drug-likeness (QED) is 0.544. The third kappa shape index (κ3) is 3.29. The molecule has 4 rings (SSSR count). The van der Waals surface area contributed by atoms with Crippen molar-refractivity contribution in [3.63, 3.8) is 0 Å². The van der Waals surface area contributed by atoms with Crippen LogP contribution in [0.1, 0.15) is 0 Å². The van der Waals surface area contributed by atoms with Gasteiger partial charge in [0, 0.05) is 5.02 Å². The molecule has 0 aliphatic rings. The Morgan fingerprint density at radius 3 is 2.63 bits per heavy atom. The van der Waals surface area contributed by atoms with E-state index in [2.05, 4.69) is 19.8 Å². The molecule has 0 atom stereocenters. The maximum absolute atomic E-state index is 12.6. The molecule has 0 fully saturated rings. The van der Waals surface area contributed by atoms with Gasteiger partial charge in [-0.15, -0.1) is 0 Å². The van der Waals surface area contributed by atoms with Gasteiger partial charge in [0.25, 0.3) is 10.0 Å². The first-order chi connectivity index (χ1) is 12.9. The summed E-state index contributed by atoms with van der Waals surface area (Å²) in [6.07, 6.45) is 2.91. The molecule has 0 unspecified atom stereocenters. The van der Waals surface area contributed by atoms with E-state index < -0.39 is 10.0 Å². The molecule has 8 nitrogen and oxygen atoms in total. The minimum Gasteiger partial charge on any atom is -0.383 e. The van der Waals surface area contributed by atoms with E-state index in [4.69, 9.17) is 17.3 Å². The number of nitrogens with one attached hydrogen (secondary N) is 1. The lowest BCUT2D eigenvalue weighted by atomic mass is 10.3. The van der Waals surface area contributed by atoms with Gasteiger partial charge in [-0.1, -0.05) is 17.7 Å². The summed E-state index contributed by atoms with van der Waals surface area (Å²) in [6.45, 7) is 0. The largest absolute Gasteiger partial charge is 0.383 e. The van der Waals surface area contributed by atoms with Crippen LogP contribution >= 0.6 is 11.6 Å². The van der Waals surface area contributed by atoms with Crippen LogP contribution < -0.4 is 10.5 Å². The molecule has 4 aromatic rings. The summed E-state index contributed by atoms with van der Waals surface area (Å²) in [7, 11) is -3.75. The average Bonchev–Trinajstić information content (AvgIpc) is 3.07. The van der Waals surface area contributed by atoms with Gasteiger partial charge in [0.05, 0.1) is 27.9 Å². The van der Waals surface area contributed by atoms with Crippen LogP contribution in [0.25, 0.3) is 16.7 Å². The van der Waals surface area contributed by atoms with E-state index in [0.29, 0.717) is 33.2 Å². The van der Waals surface area contributed by atoms with E-state index in [0.717, 1.165) is 0 Å². The molecule has 0 radical (unpaired) electrons. The zero-order chi connectivity index (χ0) is 19.0. The van der Waals surface area contributed by atoms with E-state index in [1.54, 1.807) is 35.1 Å². The Morgan fingerprint density at radius 2 is 1.85 bits per heavy atom. The van der Waals surface area contributed by atoms with Gasteiger partial charge in [-0.3, -0.25) is 4.72 Å². The molecule has 2 aromatic carbocycles. The number of nitrogens with two attached hydrogens (primary N) is 1. The Kier molecular flexibility index (Phi) is 4.17. The van der Waals surface area contributed by atoms with Gasteiger partial charge >= 0.3 is 0 Å². The molecule has 2 heterocycles. The molecule has 10 heteroatoms. The Morgan fingerprint density at radius 1 is 1.07 bits per heavy atom. The first-order valence-electron chi connectivity index (χ1n) is 7.77. The summed E-state index contributed by atoms with van der Waals surface area (Å²) in [5.74, 6) is 0.325. The highest BCUT2D eigenvalue weighted by Gasteiger charge is 2.15. The summed E-state index contributed by atoms with van der Waals surface area (Å²) >= 11 is 5.81.